The lowest BCUT2D eigenvalue weighted by molar-refractivity contribution is 0.124. The molecule has 0 amide bonds. The van der Waals surface area contributed by atoms with Gasteiger partial charge in [0.2, 0.25) is 10.0 Å². The predicted octanol–water partition coefficient (Wildman–Crippen LogP) is 1.79. The number of hydrogen-bond donors (Lipinski definition) is 0. The second-order valence-corrected chi connectivity index (χ2v) is 8.89. The summed E-state index contributed by atoms with van der Waals surface area (Å²) in [5.74, 6) is 1.64. The van der Waals surface area contributed by atoms with Crippen LogP contribution in [-0.4, -0.2) is 68.3 Å². The Morgan fingerprint density at radius 1 is 1.18 bits per heavy atom. The van der Waals surface area contributed by atoms with Gasteiger partial charge in [-0.25, -0.2) is 18.4 Å². The lowest BCUT2D eigenvalue weighted by Crippen LogP contribution is -2.46. The van der Waals surface area contributed by atoms with Crippen molar-refractivity contribution in [2.75, 3.05) is 44.4 Å². The van der Waals surface area contributed by atoms with Crippen LogP contribution in [0.2, 0.25) is 0 Å². The van der Waals surface area contributed by atoms with E-state index in [0.29, 0.717) is 30.5 Å². The number of hydrogen-bond acceptors (Lipinski definition) is 7. The van der Waals surface area contributed by atoms with E-state index in [-0.39, 0.29) is 18.5 Å². The summed E-state index contributed by atoms with van der Waals surface area (Å²) < 4.78 is 38.4. The Morgan fingerprint density at radius 3 is 2.68 bits per heavy atom. The van der Waals surface area contributed by atoms with Crippen molar-refractivity contribution in [2.24, 2.45) is 0 Å². The van der Waals surface area contributed by atoms with E-state index < -0.39 is 10.0 Å². The summed E-state index contributed by atoms with van der Waals surface area (Å²) in [7, 11) is 0.301. The van der Waals surface area contributed by atoms with Crippen LogP contribution in [0, 0.1) is 0 Å². The topological polar surface area (TPSA) is 84.9 Å². The number of rotatable bonds is 8. The van der Waals surface area contributed by atoms with Crippen molar-refractivity contribution in [2.45, 2.75) is 18.9 Å². The molecule has 9 heteroatoms. The highest BCUT2D eigenvalue weighted by atomic mass is 32.2. The standard InChI is InChI=1S/C19H26N4O4S/c1-22(2)18-19(21-11-10-20-18)27-17-9-6-12-23(15-17)28(24,25)14-13-26-16-7-4-3-5-8-16/h3-5,7-8,10-11,17H,6,9,12-15H2,1-2H3. The second-order valence-electron chi connectivity index (χ2n) is 6.80. The molecule has 1 unspecified atom stereocenters. The average molecular weight is 407 g/mol. The third-order valence-corrected chi connectivity index (χ3v) is 6.24. The van der Waals surface area contributed by atoms with Gasteiger partial charge >= 0.3 is 0 Å². The predicted molar refractivity (Wildman–Crippen MR) is 107 cm³/mol. The van der Waals surface area contributed by atoms with Gasteiger partial charge in [-0.3, -0.25) is 0 Å². The Hall–Kier alpha value is -2.39. The third kappa shape index (κ3) is 5.32. The molecule has 1 aromatic carbocycles. The number of ether oxygens (including phenoxy) is 2. The molecule has 0 aliphatic carbocycles. The van der Waals surface area contributed by atoms with Gasteiger partial charge in [0.15, 0.2) is 5.82 Å². The number of sulfonamides is 1. The minimum atomic E-state index is -3.42. The Labute approximate surface area is 166 Å². The molecule has 1 aliphatic rings. The van der Waals surface area contributed by atoms with Crippen molar-refractivity contribution in [3.8, 4) is 11.6 Å². The van der Waals surface area contributed by atoms with Gasteiger partial charge in [-0.1, -0.05) is 18.2 Å². The zero-order valence-corrected chi connectivity index (χ0v) is 17.0. The molecule has 0 radical (unpaired) electrons. The van der Waals surface area contributed by atoms with E-state index in [0.717, 1.165) is 12.8 Å². The highest BCUT2D eigenvalue weighted by Crippen LogP contribution is 2.25. The Balaban J connectivity index is 1.58. The summed E-state index contributed by atoms with van der Waals surface area (Å²) in [5, 5.41) is 0. The van der Waals surface area contributed by atoms with Crippen LogP contribution in [-0.2, 0) is 10.0 Å². The monoisotopic (exact) mass is 406 g/mol. The maximum Gasteiger partial charge on any atom is 0.257 e. The third-order valence-electron chi connectivity index (χ3n) is 4.44. The smallest absolute Gasteiger partial charge is 0.257 e. The number of nitrogens with zero attached hydrogens (tertiary/aromatic N) is 4. The molecule has 28 heavy (non-hydrogen) atoms. The minimum absolute atomic E-state index is 0.0668. The highest BCUT2D eigenvalue weighted by molar-refractivity contribution is 7.89. The van der Waals surface area contributed by atoms with Crippen molar-refractivity contribution in [1.29, 1.82) is 0 Å². The number of para-hydroxylation sites is 1. The first-order valence-electron chi connectivity index (χ1n) is 9.26. The number of piperidine rings is 1. The van der Waals surface area contributed by atoms with Crippen LogP contribution in [0.15, 0.2) is 42.7 Å². The quantitative estimate of drug-likeness (QED) is 0.661. The minimum Gasteiger partial charge on any atom is -0.492 e. The maximum atomic E-state index is 12.7. The molecule has 152 valence electrons. The lowest BCUT2D eigenvalue weighted by Gasteiger charge is -2.32. The highest BCUT2D eigenvalue weighted by Gasteiger charge is 2.30. The van der Waals surface area contributed by atoms with E-state index in [9.17, 15) is 8.42 Å². The molecular weight excluding hydrogens is 380 g/mol. The maximum absolute atomic E-state index is 12.7. The van der Waals surface area contributed by atoms with Gasteiger partial charge in [0.1, 0.15) is 18.5 Å². The lowest BCUT2D eigenvalue weighted by atomic mass is 10.1. The van der Waals surface area contributed by atoms with Gasteiger partial charge in [-0.2, -0.15) is 4.31 Å². The first kappa shape index (κ1) is 20.3. The molecule has 0 N–H and O–H groups in total. The fourth-order valence-corrected chi connectivity index (χ4v) is 4.38. The molecule has 2 heterocycles. The van der Waals surface area contributed by atoms with Crippen LogP contribution < -0.4 is 14.4 Å². The number of anilines is 1. The zero-order valence-electron chi connectivity index (χ0n) is 16.2. The second kappa shape index (κ2) is 9.20. The van der Waals surface area contributed by atoms with Crippen molar-refractivity contribution < 1.29 is 17.9 Å². The average Bonchev–Trinajstić information content (AvgIpc) is 2.69. The largest absolute Gasteiger partial charge is 0.492 e. The van der Waals surface area contributed by atoms with E-state index in [1.54, 1.807) is 24.5 Å². The van der Waals surface area contributed by atoms with Crippen LogP contribution in [0.4, 0.5) is 5.82 Å². The molecule has 8 nitrogen and oxygen atoms in total. The van der Waals surface area contributed by atoms with E-state index >= 15 is 0 Å². The molecule has 3 rings (SSSR count). The van der Waals surface area contributed by atoms with Crippen LogP contribution in [0.25, 0.3) is 0 Å². The van der Waals surface area contributed by atoms with E-state index in [4.69, 9.17) is 9.47 Å². The summed E-state index contributed by atoms with van der Waals surface area (Å²) in [6.45, 7) is 0.912. The fraction of sp³-hybridized carbons (Fsp3) is 0.474. The summed E-state index contributed by atoms with van der Waals surface area (Å²) in [5.41, 5.74) is 0. The van der Waals surface area contributed by atoms with Gasteiger partial charge in [-0.15, -0.1) is 0 Å². The summed E-state index contributed by atoms with van der Waals surface area (Å²) >= 11 is 0. The zero-order chi connectivity index (χ0) is 20.0. The molecule has 1 fully saturated rings. The van der Waals surface area contributed by atoms with Crippen LogP contribution >= 0.6 is 0 Å². The van der Waals surface area contributed by atoms with Crippen molar-refractivity contribution in [3.63, 3.8) is 0 Å². The summed E-state index contributed by atoms with van der Waals surface area (Å²) in [6.07, 6.45) is 4.43. The molecule has 0 saturated carbocycles. The molecule has 0 bridgehead atoms. The molecule has 1 atom stereocenters. The SMILES string of the molecule is CN(C)c1nccnc1OC1CCCN(S(=O)(=O)CCOc2ccccc2)C1. The Kier molecular flexibility index (Phi) is 6.69. The van der Waals surface area contributed by atoms with Crippen LogP contribution in [0.3, 0.4) is 0 Å². The van der Waals surface area contributed by atoms with Crippen molar-refractivity contribution in [1.82, 2.24) is 14.3 Å². The molecule has 1 saturated heterocycles. The normalized spacial score (nSPS) is 17.9. The molecule has 1 aromatic heterocycles. The van der Waals surface area contributed by atoms with E-state index in [2.05, 4.69) is 9.97 Å². The van der Waals surface area contributed by atoms with Gasteiger partial charge in [0.25, 0.3) is 5.88 Å². The Morgan fingerprint density at radius 2 is 1.93 bits per heavy atom. The Bertz CT molecular complexity index is 861. The van der Waals surface area contributed by atoms with Gasteiger partial charge in [0, 0.05) is 33.0 Å². The molecule has 2 aromatic rings. The van der Waals surface area contributed by atoms with Crippen molar-refractivity contribution >= 4 is 15.8 Å². The van der Waals surface area contributed by atoms with E-state index in [1.165, 1.54) is 4.31 Å². The number of aromatic nitrogens is 2. The van der Waals surface area contributed by atoms with Gasteiger partial charge in [-0.05, 0) is 25.0 Å². The molecular formula is C19H26N4O4S. The van der Waals surface area contributed by atoms with Crippen LogP contribution in [0.1, 0.15) is 12.8 Å². The van der Waals surface area contributed by atoms with E-state index in [1.807, 2.05) is 37.2 Å². The molecule has 0 spiro atoms. The summed E-state index contributed by atoms with van der Waals surface area (Å²) in [6, 6.07) is 9.20. The van der Waals surface area contributed by atoms with Gasteiger partial charge in [0.05, 0.1) is 12.3 Å². The van der Waals surface area contributed by atoms with Crippen molar-refractivity contribution in [3.05, 3.63) is 42.7 Å². The summed E-state index contributed by atoms with van der Waals surface area (Å²) in [4.78, 5) is 10.3. The first-order chi connectivity index (χ1) is 13.5. The van der Waals surface area contributed by atoms with Crippen LogP contribution in [0.5, 0.6) is 11.6 Å². The van der Waals surface area contributed by atoms with Gasteiger partial charge < -0.3 is 14.4 Å². The number of benzene rings is 1. The molecule has 1 aliphatic heterocycles. The first-order valence-corrected chi connectivity index (χ1v) is 10.9. The fourth-order valence-electron chi connectivity index (χ4n) is 3.03.